The zero-order valence-corrected chi connectivity index (χ0v) is 35.7. The smallest absolute Gasteiger partial charge is 0.164 e. The molecule has 12 rings (SSSR count). The van der Waals surface area contributed by atoms with Crippen LogP contribution in [0.4, 0.5) is 0 Å². The second kappa shape index (κ2) is 14.8. The van der Waals surface area contributed by atoms with Gasteiger partial charge in [0.15, 0.2) is 17.5 Å². The molecule has 3 nitrogen and oxygen atoms in total. The summed E-state index contributed by atoms with van der Waals surface area (Å²) in [6, 6.07) is 80.9. The molecular weight excluding hydrogens is 775 g/mol. The molecule has 10 aromatic rings. The Bertz CT molecular complexity index is 3220. The second-order valence-corrected chi connectivity index (χ2v) is 17.5. The van der Waals surface area contributed by atoms with E-state index < -0.39 is 5.41 Å². The van der Waals surface area contributed by atoms with Gasteiger partial charge in [-0.15, -0.1) is 0 Å². The van der Waals surface area contributed by atoms with Crippen molar-refractivity contribution in [1.29, 1.82) is 0 Å². The van der Waals surface area contributed by atoms with E-state index in [4.69, 9.17) is 15.0 Å². The molecule has 64 heavy (non-hydrogen) atoms. The summed E-state index contributed by atoms with van der Waals surface area (Å²) in [6.45, 7) is 4.75. The van der Waals surface area contributed by atoms with Crippen molar-refractivity contribution in [2.45, 2.75) is 24.7 Å². The molecule has 2 aliphatic carbocycles. The SMILES string of the molecule is CC1(C)c2ccccc2C2(c3ccccc3-c3c(-c4ccc(-c5nc(-c6ccc(-c7ccccc7)cc6)nc(-c6ccc(-c7ccccc7)cc6)n5)cc4)cccc32)c2ccccc21. The van der Waals surface area contributed by atoms with Crippen LogP contribution in [0, 0.1) is 0 Å². The molecule has 0 aliphatic heterocycles. The van der Waals surface area contributed by atoms with Gasteiger partial charge >= 0.3 is 0 Å². The van der Waals surface area contributed by atoms with Crippen molar-refractivity contribution >= 4 is 0 Å². The fourth-order valence-electron chi connectivity index (χ4n) is 10.6. The van der Waals surface area contributed by atoms with Crippen molar-refractivity contribution in [3.8, 4) is 78.7 Å². The quantitative estimate of drug-likeness (QED) is 0.168. The third-order valence-electron chi connectivity index (χ3n) is 13.7. The number of hydrogen-bond acceptors (Lipinski definition) is 3. The normalized spacial score (nSPS) is 13.7. The predicted octanol–water partition coefficient (Wildman–Crippen LogP) is 14.9. The largest absolute Gasteiger partial charge is 0.208 e. The minimum atomic E-state index is -0.444. The molecule has 1 spiro atoms. The monoisotopic (exact) mass is 817 g/mol. The van der Waals surface area contributed by atoms with Crippen LogP contribution < -0.4 is 0 Å². The Hall–Kier alpha value is -8.01. The van der Waals surface area contributed by atoms with Crippen molar-refractivity contribution in [2.75, 3.05) is 0 Å². The van der Waals surface area contributed by atoms with Crippen LogP contribution in [0.25, 0.3) is 78.7 Å². The molecule has 302 valence electrons. The van der Waals surface area contributed by atoms with Crippen LogP contribution >= 0.6 is 0 Å². The fraction of sp³-hybridized carbons (Fsp3) is 0.0656. The van der Waals surface area contributed by atoms with E-state index in [0.29, 0.717) is 17.5 Å². The van der Waals surface area contributed by atoms with E-state index in [2.05, 4.69) is 226 Å². The van der Waals surface area contributed by atoms with Crippen LogP contribution in [-0.4, -0.2) is 15.0 Å². The van der Waals surface area contributed by atoms with Crippen molar-refractivity contribution < 1.29 is 0 Å². The molecule has 0 saturated carbocycles. The molecule has 1 aromatic heterocycles. The van der Waals surface area contributed by atoms with E-state index >= 15 is 0 Å². The summed E-state index contributed by atoms with van der Waals surface area (Å²) in [5, 5.41) is 0. The summed E-state index contributed by atoms with van der Waals surface area (Å²) in [5.41, 5.74) is 19.9. The molecule has 0 amide bonds. The Morgan fingerprint density at radius 1 is 0.250 bits per heavy atom. The molecule has 0 N–H and O–H groups in total. The first kappa shape index (κ1) is 37.7. The van der Waals surface area contributed by atoms with Gasteiger partial charge in [-0.3, -0.25) is 0 Å². The lowest BCUT2D eigenvalue weighted by Crippen LogP contribution is -2.40. The summed E-state index contributed by atoms with van der Waals surface area (Å²) in [4.78, 5) is 15.4. The van der Waals surface area contributed by atoms with Gasteiger partial charge in [0.05, 0.1) is 5.41 Å². The molecule has 0 radical (unpaired) electrons. The molecule has 0 atom stereocenters. The molecule has 3 heteroatoms. The van der Waals surface area contributed by atoms with Gasteiger partial charge in [-0.05, 0) is 77.9 Å². The van der Waals surface area contributed by atoms with Crippen LogP contribution in [0.1, 0.15) is 47.2 Å². The van der Waals surface area contributed by atoms with Crippen LogP contribution in [0.5, 0.6) is 0 Å². The fourth-order valence-corrected chi connectivity index (χ4v) is 10.6. The summed E-state index contributed by atoms with van der Waals surface area (Å²) in [5.74, 6) is 1.90. The molecular formula is C61H43N3. The third-order valence-corrected chi connectivity index (χ3v) is 13.7. The number of nitrogens with zero attached hydrogens (tertiary/aromatic N) is 3. The van der Waals surface area contributed by atoms with E-state index in [9.17, 15) is 0 Å². The van der Waals surface area contributed by atoms with Crippen LogP contribution in [0.2, 0.25) is 0 Å². The maximum Gasteiger partial charge on any atom is 0.164 e. The Morgan fingerprint density at radius 3 is 1.05 bits per heavy atom. The zero-order chi connectivity index (χ0) is 42.8. The number of fused-ring (bicyclic) bond motifs is 9. The Kier molecular flexibility index (Phi) is 8.74. The van der Waals surface area contributed by atoms with Crippen LogP contribution in [0.3, 0.4) is 0 Å². The van der Waals surface area contributed by atoms with Gasteiger partial charge in [0, 0.05) is 22.1 Å². The second-order valence-electron chi connectivity index (χ2n) is 17.5. The van der Waals surface area contributed by atoms with E-state index in [1.165, 1.54) is 61.2 Å². The van der Waals surface area contributed by atoms with Crippen molar-refractivity contribution in [2.24, 2.45) is 0 Å². The molecule has 0 saturated heterocycles. The highest BCUT2D eigenvalue weighted by molar-refractivity contribution is 5.96. The molecule has 2 aliphatic rings. The molecule has 0 unspecified atom stereocenters. The Morgan fingerprint density at radius 2 is 0.578 bits per heavy atom. The summed E-state index contributed by atoms with van der Waals surface area (Å²) in [6.07, 6.45) is 0. The summed E-state index contributed by atoms with van der Waals surface area (Å²) in [7, 11) is 0. The number of aromatic nitrogens is 3. The van der Waals surface area contributed by atoms with Gasteiger partial charge in [-0.1, -0.05) is 238 Å². The average molecular weight is 818 g/mol. The predicted molar refractivity (Wildman–Crippen MR) is 262 cm³/mol. The summed E-state index contributed by atoms with van der Waals surface area (Å²) >= 11 is 0. The van der Waals surface area contributed by atoms with Gasteiger partial charge in [0.2, 0.25) is 0 Å². The van der Waals surface area contributed by atoms with E-state index in [1.54, 1.807) is 0 Å². The highest BCUT2D eigenvalue weighted by atomic mass is 15.0. The lowest BCUT2D eigenvalue weighted by molar-refractivity contribution is 0.563. The third kappa shape index (κ3) is 5.85. The van der Waals surface area contributed by atoms with E-state index in [-0.39, 0.29) is 5.41 Å². The minimum Gasteiger partial charge on any atom is -0.208 e. The van der Waals surface area contributed by atoms with Gasteiger partial charge in [-0.2, -0.15) is 0 Å². The van der Waals surface area contributed by atoms with Gasteiger partial charge in [0.25, 0.3) is 0 Å². The van der Waals surface area contributed by atoms with Crippen LogP contribution in [0.15, 0.2) is 224 Å². The molecule has 0 fully saturated rings. The van der Waals surface area contributed by atoms with Gasteiger partial charge < -0.3 is 0 Å². The Balaban J connectivity index is 0.977. The number of benzene rings is 9. The van der Waals surface area contributed by atoms with Crippen molar-refractivity contribution in [1.82, 2.24) is 15.0 Å². The van der Waals surface area contributed by atoms with E-state index in [0.717, 1.165) is 33.4 Å². The zero-order valence-electron chi connectivity index (χ0n) is 35.7. The van der Waals surface area contributed by atoms with Crippen molar-refractivity contribution in [3.63, 3.8) is 0 Å². The highest BCUT2D eigenvalue weighted by Crippen LogP contribution is 2.63. The topological polar surface area (TPSA) is 38.7 Å². The Labute approximate surface area is 374 Å². The first-order valence-corrected chi connectivity index (χ1v) is 22.1. The maximum atomic E-state index is 5.15. The lowest BCUT2D eigenvalue weighted by atomic mass is 9.55. The molecule has 0 bridgehead atoms. The van der Waals surface area contributed by atoms with Crippen molar-refractivity contribution in [3.05, 3.63) is 258 Å². The summed E-state index contributed by atoms with van der Waals surface area (Å²) < 4.78 is 0. The minimum absolute atomic E-state index is 0.143. The van der Waals surface area contributed by atoms with Gasteiger partial charge in [0.1, 0.15) is 0 Å². The lowest BCUT2D eigenvalue weighted by Gasteiger charge is -2.46. The first-order valence-electron chi connectivity index (χ1n) is 22.1. The van der Waals surface area contributed by atoms with E-state index in [1.807, 2.05) is 12.1 Å². The number of rotatable bonds is 6. The van der Waals surface area contributed by atoms with Gasteiger partial charge in [-0.25, -0.2) is 15.0 Å². The first-order chi connectivity index (χ1) is 31.5. The highest BCUT2D eigenvalue weighted by Gasteiger charge is 2.53. The molecule has 9 aromatic carbocycles. The average Bonchev–Trinajstić information content (AvgIpc) is 3.67. The maximum absolute atomic E-state index is 5.15. The standard InChI is InChI=1S/C61H43N3/c1-60(2)51-23-11-13-25-53(51)61(54-26-14-12-24-52(54)60)50-22-10-9-20-49(50)56-48(21-15-27-55(56)61)44-32-38-47(39-33-44)59-63-57(45-34-28-42(29-35-45)40-16-5-3-6-17-40)62-58(64-59)46-36-30-43(31-37-46)41-18-7-4-8-19-41/h3-39H,1-2H3. The molecule has 1 heterocycles. The number of hydrogen-bond donors (Lipinski definition) is 0. The van der Waals surface area contributed by atoms with Crippen LogP contribution in [-0.2, 0) is 10.8 Å².